The van der Waals surface area contributed by atoms with E-state index in [-0.39, 0.29) is 12.0 Å². The van der Waals surface area contributed by atoms with Gasteiger partial charge in [0.1, 0.15) is 0 Å². The molecule has 2 amide bonds. The zero-order chi connectivity index (χ0) is 17.5. The van der Waals surface area contributed by atoms with Crippen molar-refractivity contribution >= 4 is 17.7 Å². The number of benzene rings is 1. The highest BCUT2D eigenvalue weighted by atomic mass is 16.5. The number of amides is 2. The van der Waals surface area contributed by atoms with Gasteiger partial charge in [0.05, 0.1) is 12.2 Å². The highest BCUT2D eigenvalue weighted by Crippen LogP contribution is 2.21. The van der Waals surface area contributed by atoms with Crippen molar-refractivity contribution in [3.63, 3.8) is 0 Å². The summed E-state index contributed by atoms with van der Waals surface area (Å²) in [6.07, 6.45) is 0. The number of carbonyl (C=O) groups excluding carboxylic acids is 2. The summed E-state index contributed by atoms with van der Waals surface area (Å²) in [5.74, 6) is -0.336. The summed E-state index contributed by atoms with van der Waals surface area (Å²) < 4.78 is 4.97. The molecule has 0 radical (unpaired) electrons. The molecule has 1 aromatic carbocycles. The Hall–Kier alpha value is -2.08. The number of rotatable bonds is 8. The second-order valence-corrected chi connectivity index (χ2v) is 5.72. The third-order valence-corrected chi connectivity index (χ3v) is 4.37. The van der Waals surface area contributed by atoms with Crippen LogP contribution in [0.1, 0.15) is 31.1 Å². The maximum absolute atomic E-state index is 12.6. The maximum atomic E-state index is 12.6. The third-order valence-electron chi connectivity index (χ3n) is 4.37. The Morgan fingerprint density at radius 2 is 1.79 bits per heavy atom. The van der Waals surface area contributed by atoms with E-state index in [0.29, 0.717) is 18.7 Å². The van der Waals surface area contributed by atoms with Gasteiger partial charge in [0.15, 0.2) is 0 Å². The van der Waals surface area contributed by atoms with E-state index in [1.54, 1.807) is 36.1 Å². The van der Waals surface area contributed by atoms with Crippen LogP contribution >= 0.6 is 0 Å². The van der Waals surface area contributed by atoms with Crippen LogP contribution in [0.3, 0.4) is 0 Å². The zero-order valence-corrected chi connectivity index (χ0v) is 14.8. The fraction of sp³-hybridized carbons (Fsp3) is 0.556. The standard InChI is InChI=1S/C18H27N3O3/c1-4-19(5-2)11-12-20-13-14-21(18(20)23)16-9-7-15(8-10-16)17(22)24-6-3/h7-10H,4-6,11-14H2,1-3H3. The third kappa shape index (κ3) is 4.26. The lowest BCUT2D eigenvalue weighted by molar-refractivity contribution is 0.0526. The first kappa shape index (κ1) is 18.3. The fourth-order valence-corrected chi connectivity index (χ4v) is 2.82. The lowest BCUT2D eigenvalue weighted by Crippen LogP contribution is -2.38. The van der Waals surface area contributed by atoms with Crippen molar-refractivity contribution in [3.8, 4) is 0 Å². The van der Waals surface area contributed by atoms with Crippen molar-refractivity contribution in [2.45, 2.75) is 20.8 Å². The molecule has 0 unspecified atom stereocenters. The number of likely N-dealkylation sites (N-methyl/N-ethyl adjacent to an activating group) is 1. The average molecular weight is 333 g/mol. The molecule has 0 N–H and O–H groups in total. The van der Waals surface area contributed by atoms with E-state index in [4.69, 9.17) is 4.74 Å². The molecule has 0 bridgehead atoms. The molecule has 6 nitrogen and oxygen atoms in total. The predicted octanol–water partition coefficient (Wildman–Crippen LogP) is 2.45. The van der Waals surface area contributed by atoms with Gasteiger partial charge in [-0.25, -0.2) is 9.59 Å². The van der Waals surface area contributed by atoms with Gasteiger partial charge in [0.2, 0.25) is 0 Å². The lowest BCUT2D eigenvalue weighted by atomic mass is 10.2. The Balaban J connectivity index is 1.96. The number of ether oxygens (including phenoxy) is 1. The molecule has 1 aromatic rings. The molecule has 0 aliphatic carbocycles. The molecule has 0 saturated carbocycles. The van der Waals surface area contributed by atoms with E-state index >= 15 is 0 Å². The predicted molar refractivity (Wildman–Crippen MR) is 94.5 cm³/mol. The second-order valence-electron chi connectivity index (χ2n) is 5.72. The summed E-state index contributed by atoms with van der Waals surface area (Å²) in [6.45, 7) is 11.4. The van der Waals surface area contributed by atoms with Crippen LogP contribution in [-0.4, -0.2) is 67.7 Å². The van der Waals surface area contributed by atoms with Crippen LogP contribution in [0.5, 0.6) is 0 Å². The van der Waals surface area contributed by atoms with Gasteiger partial charge in [-0.3, -0.25) is 4.90 Å². The minimum atomic E-state index is -0.336. The number of nitrogens with zero attached hydrogens (tertiary/aromatic N) is 3. The number of anilines is 1. The number of hydrogen-bond donors (Lipinski definition) is 0. The van der Waals surface area contributed by atoms with Crippen molar-refractivity contribution in [2.24, 2.45) is 0 Å². The van der Waals surface area contributed by atoms with Crippen LogP contribution in [0.4, 0.5) is 10.5 Å². The number of carbonyl (C=O) groups is 2. The number of esters is 1. The van der Waals surface area contributed by atoms with E-state index < -0.39 is 0 Å². The monoisotopic (exact) mass is 333 g/mol. The Labute approximate surface area is 144 Å². The van der Waals surface area contributed by atoms with E-state index in [0.717, 1.165) is 38.4 Å². The van der Waals surface area contributed by atoms with Crippen LogP contribution < -0.4 is 4.90 Å². The number of hydrogen-bond acceptors (Lipinski definition) is 4. The first-order chi connectivity index (χ1) is 11.6. The summed E-state index contributed by atoms with van der Waals surface area (Å²) in [7, 11) is 0. The first-order valence-corrected chi connectivity index (χ1v) is 8.66. The highest BCUT2D eigenvalue weighted by Gasteiger charge is 2.29. The molecule has 1 aliphatic heterocycles. The van der Waals surface area contributed by atoms with Gasteiger partial charge >= 0.3 is 12.0 Å². The SMILES string of the molecule is CCOC(=O)c1ccc(N2CCN(CCN(CC)CC)C2=O)cc1. The Bertz CT molecular complexity index is 555. The zero-order valence-electron chi connectivity index (χ0n) is 14.8. The molecule has 1 fully saturated rings. The van der Waals surface area contributed by atoms with Crippen LogP contribution in [0.25, 0.3) is 0 Å². The maximum Gasteiger partial charge on any atom is 0.338 e. The van der Waals surface area contributed by atoms with E-state index in [2.05, 4.69) is 18.7 Å². The molecule has 1 saturated heterocycles. The smallest absolute Gasteiger partial charge is 0.338 e. The molecule has 2 rings (SSSR count). The molecule has 0 atom stereocenters. The Morgan fingerprint density at radius 1 is 1.12 bits per heavy atom. The van der Waals surface area contributed by atoms with Gasteiger partial charge in [-0.05, 0) is 44.3 Å². The molecule has 1 heterocycles. The minimum absolute atomic E-state index is 0.0334. The fourth-order valence-electron chi connectivity index (χ4n) is 2.82. The minimum Gasteiger partial charge on any atom is -0.462 e. The molecule has 24 heavy (non-hydrogen) atoms. The van der Waals surface area contributed by atoms with Crippen molar-refractivity contribution in [1.29, 1.82) is 0 Å². The molecule has 0 aromatic heterocycles. The summed E-state index contributed by atoms with van der Waals surface area (Å²) in [4.78, 5) is 30.2. The van der Waals surface area contributed by atoms with Crippen molar-refractivity contribution in [1.82, 2.24) is 9.80 Å². The summed E-state index contributed by atoms with van der Waals surface area (Å²) in [5.41, 5.74) is 1.32. The summed E-state index contributed by atoms with van der Waals surface area (Å²) in [6, 6.07) is 7.06. The summed E-state index contributed by atoms with van der Waals surface area (Å²) in [5, 5.41) is 0. The van der Waals surface area contributed by atoms with Gasteiger partial charge < -0.3 is 14.5 Å². The molecule has 1 aliphatic rings. The van der Waals surface area contributed by atoms with Crippen molar-refractivity contribution in [2.75, 3.05) is 50.8 Å². The normalized spacial score (nSPS) is 14.6. The molecule has 0 spiro atoms. The highest BCUT2D eigenvalue weighted by molar-refractivity contribution is 5.95. The first-order valence-electron chi connectivity index (χ1n) is 8.66. The van der Waals surface area contributed by atoms with Gasteiger partial charge in [-0.2, -0.15) is 0 Å². The Morgan fingerprint density at radius 3 is 2.38 bits per heavy atom. The van der Waals surface area contributed by atoms with Gasteiger partial charge in [-0.1, -0.05) is 13.8 Å². The molecule has 6 heteroatoms. The molecular weight excluding hydrogens is 306 g/mol. The molecular formula is C18H27N3O3. The van der Waals surface area contributed by atoms with Gasteiger partial charge in [0, 0.05) is 31.9 Å². The van der Waals surface area contributed by atoms with E-state index in [1.807, 2.05) is 4.90 Å². The van der Waals surface area contributed by atoms with Crippen LogP contribution in [0, 0.1) is 0 Å². The number of urea groups is 1. The van der Waals surface area contributed by atoms with Crippen LogP contribution in [0.15, 0.2) is 24.3 Å². The van der Waals surface area contributed by atoms with Crippen molar-refractivity contribution < 1.29 is 14.3 Å². The summed E-state index contributed by atoms with van der Waals surface area (Å²) >= 11 is 0. The molecule has 132 valence electrons. The van der Waals surface area contributed by atoms with Gasteiger partial charge in [0.25, 0.3) is 0 Å². The van der Waals surface area contributed by atoms with E-state index in [9.17, 15) is 9.59 Å². The van der Waals surface area contributed by atoms with Crippen LogP contribution in [-0.2, 0) is 4.74 Å². The van der Waals surface area contributed by atoms with Crippen LogP contribution in [0.2, 0.25) is 0 Å². The quantitative estimate of drug-likeness (QED) is 0.686. The second kappa shape index (κ2) is 8.68. The van der Waals surface area contributed by atoms with Crippen molar-refractivity contribution in [3.05, 3.63) is 29.8 Å². The van der Waals surface area contributed by atoms with E-state index in [1.165, 1.54) is 0 Å². The lowest BCUT2D eigenvalue weighted by Gasteiger charge is -2.23. The topological polar surface area (TPSA) is 53.1 Å². The average Bonchev–Trinajstić information content (AvgIpc) is 2.97. The Kier molecular flexibility index (Phi) is 6.61. The largest absolute Gasteiger partial charge is 0.462 e. The van der Waals surface area contributed by atoms with Gasteiger partial charge in [-0.15, -0.1) is 0 Å².